The van der Waals surface area contributed by atoms with Crippen LogP contribution < -0.4 is 20.1 Å². The number of nitrogens with one attached hydrogen (secondary N) is 2. The molecule has 0 saturated carbocycles. The summed E-state index contributed by atoms with van der Waals surface area (Å²) < 4.78 is 11.5. The van der Waals surface area contributed by atoms with Crippen molar-refractivity contribution in [3.05, 3.63) is 74.6 Å². The molecule has 2 aromatic carbocycles. The predicted molar refractivity (Wildman–Crippen MR) is 124 cm³/mol. The summed E-state index contributed by atoms with van der Waals surface area (Å²) in [6.07, 6.45) is 4.10. The molecule has 2 N–H and O–H groups in total. The van der Waals surface area contributed by atoms with Gasteiger partial charge in [0.15, 0.2) is 11.5 Å². The number of aryl methyl sites for hydroxylation is 1. The van der Waals surface area contributed by atoms with Crippen LogP contribution in [0.15, 0.2) is 42.5 Å². The summed E-state index contributed by atoms with van der Waals surface area (Å²) in [5.74, 6) is 1.23. The van der Waals surface area contributed by atoms with Gasteiger partial charge in [0.05, 0.1) is 12.7 Å². The Kier molecular flexibility index (Phi) is 5.50. The summed E-state index contributed by atoms with van der Waals surface area (Å²) in [4.78, 5) is 14.2. The van der Waals surface area contributed by atoms with Gasteiger partial charge in [-0.3, -0.25) is 4.79 Å². The standard InChI is InChI=1S/C24H23ClN2O3S/c1-29-19-12-14(10-11-18(19)30-13-15-6-2-4-8-17(15)25)22-26-23(28)21-16-7-3-5-9-20(16)31-24(21)27-22/h2,4,6,8,10-12,22,27H,3,5,7,9,13H2,1H3,(H,26,28). The molecular weight excluding hydrogens is 432 g/mol. The molecule has 0 bridgehead atoms. The number of hydrogen-bond acceptors (Lipinski definition) is 5. The van der Waals surface area contributed by atoms with Gasteiger partial charge in [-0.2, -0.15) is 0 Å². The summed E-state index contributed by atoms with van der Waals surface area (Å²) in [5.41, 5.74) is 3.89. The van der Waals surface area contributed by atoms with Crippen molar-refractivity contribution in [2.45, 2.75) is 38.5 Å². The minimum Gasteiger partial charge on any atom is -0.493 e. The Bertz CT molecular complexity index is 1140. The van der Waals surface area contributed by atoms with Crippen LogP contribution in [0.25, 0.3) is 0 Å². The molecule has 3 aromatic rings. The third-order valence-corrected chi connectivity index (χ3v) is 7.40. The topological polar surface area (TPSA) is 59.6 Å². The molecule has 0 saturated heterocycles. The zero-order valence-corrected chi connectivity index (χ0v) is 18.7. The van der Waals surface area contributed by atoms with Gasteiger partial charge in [0.2, 0.25) is 0 Å². The molecule has 1 atom stereocenters. The molecule has 2 heterocycles. The van der Waals surface area contributed by atoms with Crippen LogP contribution in [0.1, 0.15) is 50.9 Å². The molecule has 7 heteroatoms. The fraction of sp³-hybridized carbons (Fsp3) is 0.292. The van der Waals surface area contributed by atoms with Crippen LogP contribution in [0, 0.1) is 0 Å². The van der Waals surface area contributed by atoms with E-state index in [-0.39, 0.29) is 12.1 Å². The van der Waals surface area contributed by atoms with Crippen molar-refractivity contribution in [1.29, 1.82) is 0 Å². The average Bonchev–Trinajstić information content (AvgIpc) is 3.17. The van der Waals surface area contributed by atoms with Gasteiger partial charge in [-0.1, -0.05) is 35.9 Å². The first-order valence-electron chi connectivity index (χ1n) is 10.4. The maximum atomic E-state index is 12.9. The van der Waals surface area contributed by atoms with Gasteiger partial charge in [0.25, 0.3) is 5.91 Å². The third-order valence-electron chi connectivity index (χ3n) is 5.81. The van der Waals surface area contributed by atoms with E-state index in [0.717, 1.165) is 41.0 Å². The lowest BCUT2D eigenvalue weighted by Crippen LogP contribution is -2.38. The lowest BCUT2D eigenvalue weighted by molar-refractivity contribution is 0.0935. The lowest BCUT2D eigenvalue weighted by atomic mass is 9.94. The lowest BCUT2D eigenvalue weighted by Gasteiger charge is -2.27. The maximum Gasteiger partial charge on any atom is 0.256 e. The SMILES string of the molecule is COc1cc(C2NC(=O)c3c(sc4c3CCCC4)N2)ccc1OCc1ccccc1Cl. The minimum atomic E-state index is -0.313. The molecule has 1 amide bonds. The van der Waals surface area contributed by atoms with Crippen LogP contribution in [0.3, 0.4) is 0 Å². The number of amides is 1. The van der Waals surface area contributed by atoms with E-state index in [1.807, 2.05) is 42.5 Å². The van der Waals surface area contributed by atoms with E-state index in [2.05, 4.69) is 10.6 Å². The normalized spacial score (nSPS) is 17.2. The van der Waals surface area contributed by atoms with Gasteiger partial charge >= 0.3 is 0 Å². The first-order valence-corrected chi connectivity index (χ1v) is 11.6. The van der Waals surface area contributed by atoms with Crippen molar-refractivity contribution in [1.82, 2.24) is 5.32 Å². The second-order valence-corrected chi connectivity index (χ2v) is 9.27. The van der Waals surface area contributed by atoms with Crippen LogP contribution in [0.4, 0.5) is 5.00 Å². The number of carbonyl (C=O) groups is 1. The molecule has 1 aliphatic carbocycles. The molecular formula is C24H23ClN2O3S. The number of anilines is 1. The fourth-order valence-electron chi connectivity index (χ4n) is 4.20. The van der Waals surface area contributed by atoms with E-state index in [9.17, 15) is 4.79 Å². The Morgan fingerprint density at radius 1 is 1.10 bits per heavy atom. The quantitative estimate of drug-likeness (QED) is 0.517. The van der Waals surface area contributed by atoms with Gasteiger partial charge in [-0.25, -0.2) is 0 Å². The van der Waals surface area contributed by atoms with Crippen LogP contribution in [-0.4, -0.2) is 13.0 Å². The number of thiophene rings is 1. The first kappa shape index (κ1) is 20.2. The maximum absolute atomic E-state index is 12.9. The molecule has 5 nitrogen and oxygen atoms in total. The molecule has 0 fully saturated rings. The predicted octanol–water partition coefficient (Wildman–Crippen LogP) is 5.72. The number of rotatable bonds is 5. The first-order chi connectivity index (χ1) is 15.1. The number of fused-ring (bicyclic) bond motifs is 3. The highest BCUT2D eigenvalue weighted by atomic mass is 35.5. The Hall–Kier alpha value is -2.70. The van der Waals surface area contributed by atoms with Gasteiger partial charge in [0.1, 0.15) is 17.8 Å². The van der Waals surface area contributed by atoms with E-state index in [1.54, 1.807) is 18.4 Å². The van der Waals surface area contributed by atoms with Gasteiger partial charge in [-0.05, 0) is 55.0 Å². The minimum absolute atomic E-state index is 0.00355. The molecule has 5 rings (SSSR count). The number of hydrogen-bond donors (Lipinski definition) is 2. The largest absolute Gasteiger partial charge is 0.493 e. The van der Waals surface area contributed by atoms with Crippen LogP contribution in [0.5, 0.6) is 11.5 Å². The molecule has 1 aliphatic heterocycles. The highest BCUT2D eigenvalue weighted by molar-refractivity contribution is 7.16. The van der Waals surface area contributed by atoms with Crippen molar-refractivity contribution in [2.24, 2.45) is 0 Å². The van der Waals surface area contributed by atoms with Crippen molar-refractivity contribution < 1.29 is 14.3 Å². The van der Waals surface area contributed by atoms with Crippen LogP contribution in [0.2, 0.25) is 5.02 Å². The third kappa shape index (κ3) is 3.86. The molecule has 1 unspecified atom stereocenters. The number of carbonyl (C=O) groups excluding carboxylic acids is 1. The molecule has 160 valence electrons. The molecule has 0 spiro atoms. The van der Waals surface area contributed by atoms with Gasteiger partial charge in [-0.15, -0.1) is 11.3 Å². The summed E-state index contributed by atoms with van der Waals surface area (Å²) in [6, 6.07) is 13.3. The Morgan fingerprint density at radius 2 is 1.94 bits per heavy atom. The van der Waals surface area contributed by atoms with E-state index < -0.39 is 0 Å². The zero-order chi connectivity index (χ0) is 21.4. The van der Waals surface area contributed by atoms with Crippen molar-refractivity contribution in [2.75, 3.05) is 12.4 Å². The smallest absolute Gasteiger partial charge is 0.256 e. The molecule has 31 heavy (non-hydrogen) atoms. The Balaban J connectivity index is 1.37. The van der Waals surface area contributed by atoms with Crippen LogP contribution in [-0.2, 0) is 19.4 Å². The Labute approximate surface area is 190 Å². The number of ether oxygens (including phenoxy) is 2. The second kappa shape index (κ2) is 8.44. The van der Waals surface area contributed by atoms with E-state index in [0.29, 0.717) is 23.1 Å². The zero-order valence-electron chi connectivity index (χ0n) is 17.2. The Morgan fingerprint density at radius 3 is 2.77 bits per heavy atom. The fourth-order valence-corrected chi connectivity index (χ4v) is 5.70. The van der Waals surface area contributed by atoms with Crippen molar-refractivity contribution >= 4 is 33.8 Å². The summed E-state index contributed by atoms with van der Waals surface area (Å²) in [7, 11) is 1.61. The van der Waals surface area contributed by atoms with Crippen molar-refractivity contribution in [3.63, 3.8) is 0 Å². The monoisotopic (exact) mass is 454 g/mol. The highest BCUT2D eigenvalue weighted by Crippen LogP contribution is 2.42. The van der Waals surface area contributed by atoms with Gasteiger partial charge < -0.3 is 20.1 Å². The number of methoxy groups -OCH3 is 1. The highest BCUT2D eigenvalue weighted by Gasteiger charge is 2.32. The number of benzene rings is 2. The molecule has 2 aliphatic rings. The van der Waals surface area contributed by atoms with Crippen LogP contribution >= 0.6 is 22.9 Å². The summed E-state index contributed by atoms with van der Waals surface area (Å²) >= 11 is 7.94. The summed E-state index contributed by atoms with van der Waals surface area (Å²) in [5, 5.41) is 8.25. The molecule has 0 radical (unpaired) electrons. The molecule has 1 aromatic heterocycles. The van der Waals surface area contributed by atoms with E-state index in [4.69, 9.17) is 21.1 Å². The van der Waals surface area contributed by atoms with E-state index in [1.165, 1.54) is 16.9 Å². The average molecular weight is 455 g/mol. The summed E-state index contributed by atoms with van der Waals surface area (Å²) in [6.45, 7) is 0.345. The second-order valence-electron chi connectivity index (χ2n) is 7.76. The number of halogens is 1. The van der Waals surface area contributed by atoms with Crippen molar-refractivity contribution in [3.8, 4) is 11.5 Å². The van der Waals surface area contributed by atoms with E-state index >= 15 is 0 Å². The van der Waals surface area contributed by atoms with Gasteiger partial charge in [0, 0.05) is 15.5 Å².